The zero-order valence-corrected chi connectivity index (χ0v) is 15.5. The number of alkyl carbamates (subject to hydrolysis) is 1. The second-order valence-electron chi connectivity index (χ2n) is 6.35. The third-order valence-electron chi connectivity index (χ3n) is 4.30. The van der Waals surface area contributed by atoms with Crippen molar-refractivity contribution in [2.45, 2.75) is 45.8 Å². The number of anilines is 1. The van der Waals surface area contributed by atoms with Crippen LogP contribution in [0.1, 0.15) is 44.2 Å². The second-order valence-corrected chi connectivity index (χ2v) is 6.35. The summed E-state index contributed by atoms with van der Waals surface area (Å²) in [5.74, 6) is 0.192. The molecule has 5 nitrogen and oxygen atoms in total. The minimum absolute atomic E-state index is 0.165. The van der Waals surface area contributed by atoms with E-state index in [-0.39, 0.29) is 12.5 Å². The molecular formula is C21H26N2O3. The largest absolute Gasteiger partial charge is 0.445 e. The van der Waals surface area contributed by atoms with E-state index in [0.29, 0.717) is 11.6 Å². The van der Waals surface area contributed by atoms with Crippen LogP contribution in [0.15, 0.2) is 54.6 Å². The molecule has 2 aromatic carbocycles. The average Bonchev–Trinajstić information content (AvgIpc) is 2.67. The van der Waals surface area contributed by atoms with E-state index in [4.69, 9.17) is 4.74 Å². The Labute approximate surface area is 154 Å². The van der Waals surface area contributed by atoms with E-state index in [9.17, 15) is 9.59 Å². The molecule has 0 saturated carbocycles. The molecule has 2 amide bonds. The molecule has 26 heavy (non-hydrogen) atoms. The maximum Gasteiger partial charge on any atom is 0.408 e. The summed E-state index contributed by atoms with van der Waals surface area (Å²) in [6.07, 6.45) is 0.446. The molecule has 0 fully saturated rings. The molecule has 2 rings (SSSR count). The van der Waals surface area contributed by atoms with Crippen molar-refractivity contribution in [1.82, 2.24) is 5.32 Å². The maximum atomic E-state index is 12.2. The molecule has 138 valence electrons. The van der Waals surface area contributed by atoms with Crippen molar-refractivity contribution in [2.75, 3.05) is 5.32 Å². The molecule has 0 aromatic heterocycles. The first kappa shape index (κ1) is 19.5. The lowest BCUT2D eigenvalue weighted by Gasteiger charge is -2.15. The van der Waals surface area contributed by atoms with Crippen molar-refractivity contribution in [3.63, 3.8) is 0 Å². The molecule has 0 radical (unpaired) electrons. The fourth-order valence-electron chi connectivity index (χ4n) is 2.39. The van der Waals surface area contributed by atoms with Gasteiger partial charge in [-0.1, -0.05) is 56.3 Å². The van der Waals surface area contributed by atoms with Crippen LogP contribution in [0.3, 0.4) is 0 Å². The highest BCUT2D eigenvalue weighted by atomic mass is 16.5. The molecule has 2 N–H and O–H groups in total. The summed E-state index contributed by atoms with van der Waals surface area (Å²) in [7, 11) is 0. The van der Waals surface area contributed by atoms with Crippen LogP contribution >= 0.6 is 0 Å². The zero-order chi connectivity index (χ0) is 18.9. The summed E-state index contributed by atoms with van der Waals surface area (Å²) >= 11 is 0. The van der Waals surface area contributed by atoms with Gasteiger partial charge < -0.3 is 15.4 Å². The van der Waals surface area contributed by atoms with Gasteiger partial charge in [0.1, 0.15) is 12.6 Å². The van der Waals surface area contributed by atoms with E-state index >= 15 is 0 Å². The Hall–Kier alpha value is -2.82. The van der Waals surface area contributed by atoms with Crippen molar-refractivity contribution >= 4 is 17.7 Å². The Morgan fingerprint density at radius 3 is 2.27 bits per heavy atom. The van der Waals surface area contributed by atoms with E-state index < -0.39 is 12.1 Å². The van der Waals surface area contributed by atoms with Gasteiger partial charge in [-0.25, -0.2) is 4.79 Å². The Morgan fingerprint density at radius 2 is 1.65 bits per heavy atom. The van der Waals surface area contributed by atoms with Crippen LogP contribution in [-0.4, -0.2) is 18.0 Å². The smallest absolute Gasteiger partial charge is 0.408 e. The Balaban J connectivity index is 1.80. The highest BCUT2D eigenvalue weighted by molar-refractivity contribution is 5.96. The minimum Gasteiger partial charge on any atom is -0.445 e. The van der Waals surface area contributed by atoms with Gasteiger partial charge in [0.2, 0.25) is 5.91 Å². The number of nitrogens with one attached hydrogen (secondary N) is 2. The number of rotatable bonds is 7. The average molecular weight is 354 g/mol. The lowest BCUT2D eigenvalue weighted by atomic mass is 9.99. The van der Waals surface area contributed by atoms with Crippen molar-refractivity contribution in [3.8, 4) is 0 Å². The molecule has 0 spiro atoms. The molecule has 5 heteroatoms. The highest BCUT2D eigenvalue weighted by Gasteiger charge is 2.16. The normalized spacial score (nSPS) is 12.7. The van der Waals surface area contributed by atoms with Crippen molar-refractivity contribution in [2.24, 2.45) is 0 Å². The summed E-state index contributed by atoms with van der Waals surface area (Å²) in [6, 6.07) is 16.4. The Bertz CT molecular complexity index is 714. The first-order chi connectivity index (χ1) is 12.5. The molecule has 0 saturated heterocycles. The monoisotopic (exact) mass is 354 g/mol. The van der Waals surface area contributed by atoms with Crippen LogP contribution < -0.4 is 10.6 Å². The number of amides is 2. The van der Waals surface area contributed by atoms with Crippen LogP contribution in [0.2, 0.25) is 0 Å². The molecule has 1 unspecified atom stereocenters. The zero-order valence-electron chi connectivity index (χ0n) is 15.5. The maximum absolute atomic E-state index is 12.2. The van der Waals surface area contributed by atoms with E-state index in [1.807, 2.05) is 54.6 Å². The lowest BCUT2D eigenvalue weighted by molar-refractivity contribution is -0.117. The Kier molecular flexibility index (Phi) is 7.21. The first-order valence-corrected chi connectivity index (χ1v) is 8.87. The summed E-state index contributed by atoms with van der Waals surface area (Å²) in [5, 5.41) is 5.33. The second kappa shape index (κ2) is 9.61. The molecule has 2 atom stereocenters. The number of hydrogen-bond acceptors (Lipinski definition) is 3. The van der Waals surface area contributed by atoms with Crippen LogP contribution in [0.5, 0.6) is 0 Å². The number of hydrogen-bond donors (Lipinski definition) is 2. The standard InChI is InChI=1S/C21H26N2O3/c1-4-15(2)18-10-12-19(13-11-18)23-20(24)16(3)22-21(25)26-14-17-8-6-5-7-9-17/h5-13,15-16H,4,14H2,1-3H3,(H,22,25)(H,23,24)/t15?,16-/m0/s1. The minimum atomic E-state index is -0.701. The molecule has 0 bridgehead atoms. The number of carbonyl (C=O) groups is 2. The van der Waals surface area contributed by atoms with E-state index in [1.54, 1.807) is 6.92 Å². The van der Waals surface area contributed by atoms with Crippen molar-refractivity contribution < 1.29 is 14.3 Å². The van der Waals surface area contributed by atoms with Crippen molar-refractivity contribution in [1.29, 1.82) is 0 Å². The molecule has 0 aliphatic heterocycles. The SMILES string of the molecule is CCC(C)c1ccc(NC(=O)[C@H](C)NC(=O)OCc2ccccc2)cc1. The number of carbonyl (C=O) groups excluding carboxylic acids is 2. The third-order valence-corrected chi connectivity index (χ3v) is 4.30. The summed E-state index contributed by atoms with van der Waals surface area (Å²) in [4.78, 5) is 24.0. The van der Waals surface area contributed by atoms with Crippen molar-refractivity contribution in [3.05, 3.63) is 65.7 Å². The fourth-order valence-corrected chi connectivity index (χ4v) is 2.39. The molecule has 0 aliphatic carbocycles. The molecule has 0 aliphatic rings. The summed E-state index contributed by atoms with van der Waals surface area (Å²) in [6.45, 7) is 6.09. The van der Waals surface area contributed by atoms with Gasteiger partial charge in [-0.3, -0.25) is 4.79 Å². The number of benzene rings is 2. The third kappa shape index (κ3) is 5.92. The van der Waals surface area contributed by atoms with Crippen LogP contribution in [-0.2, 0) is 16.1 Å². The fraction of sp³-hybridized carbons (Fsp3) is 0.333. The van der Waals surface area contributed by atoms with Gasteiger partial charge in [-0.15, -0.1) is 0 Å². The van der Waals surface area contributed by atoms with Gasteiger partial charge in [-0.2, -0.15) is 0 Å². The quantitative estimate of drug-likeness (QED) is 0.772. The van der Waals surface area contributed by atoms with E-state index in [1.165, 1.54) is 5.56 Å². The summed E-state index contributed by atoms with van der Waals surface area (Å²) < 4.78 is 5.12. The van der Waals surface area contributed by atoms with Gasteiger partial charge >= 0.3 is 6.09 Å². The topological polar surface area (TPSA) is 67.4 Å². The number of ether oxygens (including phenoxy) is 1. The van der Waals surface area contributed by atoms with Crippen LogP contribution in [0.4, 0.5) is 10.5 Å². The predicted molar refractivity (Wildman–Crippen MR) is 103 cm³/mol. The highest BCUT2D eigenvalue weighted by Crippen LogP contribution is 2.20. The van der Waals surface area contributed by atoms with Gasteiger partial charge in [0.25, 0.3) is 0 Å². The van der Waals surface area contributed by atoms with Gasteiger partial charge in [0.05, 0.1) is 0 Å². The first-order valence-electron chi connectivity index (χ1n) is 8.87. The molecular weight excluding hydrogens is 328 g/mol. The van der Waals surface area contributed by atoms with Gasteiger partial charge in [0, 0.05) is 5.69 Å². The van der Waals surface area contributed by atoms with E-state index in [0.717, 1.165) is 12.0 Å². The molecule has 0 heterocycles. The summed E-state index contributed by atoms with van der Waals surface area (Å²) in [5.41, 5.74) is 2.83. The Morgan fingerprint density at radius 1 is 1.00 bits per heavy atom. The molecule has 2 aromatic rings. The predicted octanol–water partition coefficient (Wildman–Crippen LogP) is 4.45. The van der Waals surface area contributed by atoms with Gasteiger partial charge in [-0.05, 0) is 42.5 Å². The van der Waals surface area contributed by atoms with E-state index in [2.05, 4.69) is 24.5 Å². The van der Waals surface area contributed by atoms with Crippen LogP contribution in [0.25, 0.3) is 0 Å². The van der Waals surface area contributed by atoms with Gasteiger partial charge in [0.15, 0.2) is 0 Å². The van der Waals surface area contributed by atoms with Crippen LogP contribution in [0, 0.1) is 0 Å². The lowest BCUT2D eigenvalue weighted by Crippen LogP contribution is -2.41.